The normalized spacial score (nSPS) is 22.2. The maximum atomic E-state index is 13.2. The third-order valence-electron chi connectivity index (χ3n) is 5.53. The molecular weight excluding hydrogens is 378 g/mol. The predicted molar refractivity (Wildman–Crippen MR) is 105 cm³/mol. The van der Waals surface area contributed by atoms with Gasteiger partial charge in [0.15, 0.2) is 5.78 Å². The number of rotatable bonds is 6. The van der Waals surface area contributed by atoms with Gasteiger partial charge in [-0.15, -0.1) is 0 Å². The van der Waals surface area contributed by atoms with Crippen LogP contribution in [-0.4, -0.2) is 45.3 Å². The van der Waals surface area contributed by atoms with Gasteiger partial charge in [-0.1, -0.05) is 6.92 Å². The minimum atomic E-state index is -1.49. The first-order valence-corrected chi connectivity index (χ1v) is 9.24. The third-order valence-corrected chi connectivity index (χ3v) is 5.53. The average molecular weight is 399 g/mol. The number of nitro benzene ring substituents is 2. The second kappa shape index (κ2) is 8.06. The summed E-state index contributed by atoms with van der Waals surface area (Å²) in [6.45, 7) is 3.57. The Hall–Kier alpha value is -3.17. The lowest BCUT2D eigenvalue weighted by Gasteiger charge is -2.44. The van der Waals surface area contributed by atoms with Crippen LogP contribution in [0.2, 0.25) is 0 Å². The summed E-state index contributed by atoms with van der Waals surface area (Å²) in [5, 5.41) is 33.3. The van der Waals surface area contributed by atoms with Gasteiger partial charge in [0.05, 0.1) is 15.8 Å². The summed E-state index contributed by atoms with van der Waals surface area (Å²) in [5.41, 5.74) is -0.981. The second-order valence-electron chi connectivity index (χ2n) is 7.09. The number of ketones is 1. The second-order valence-corrected chi connectivity index (χ2v) is 7.09. The van der Waals surface area contributed by atoms with Crippen molar-refractivity contribution in [2.75, 3.05) is 19.6 Å². The Labute approximate surface area is 166 Å². The SMILES string of the molecule is CCN1CC[C@](O)(c2ccc([N+](=O)[O-])cc2)[C@H](C(=O)c2ccc([N+](=O)[O-])cc2)C1. The molecular formula is C20H21N3O6. The van der Waals surface area contributed by atoms with Crippen LogP contribution in [0.3, 0.4) is 0 Å². The molecule has 29 heavy (non-hydrogen) atoms. The minimum absolute atomic E-state index is 0.0958. The number of non-ortho nitro benzene ring substituents is 2. The first kappa shape index (κ1) is 20.6. The summed E-state index contributed by atoms with van der Waals surface area (Å²) < 4.78 is 0. The number of nitrogens with zero attached hydrogens (tertiary/aromatic N) is 3. The van der Waals surface area contributed by atoms with Gasteiger partial charge in [0.25, 0.3) is 11.4 Å². The Morgan fingerprint density at radius 2 is 1.59 bits per heavy atom. The largest absolute Gasteiger partial charge is 0.384 e. The molecule has 2 aromatic carbocycles. The summed E-state index contributed by atoms with van der Waals surface area (Å²) in [5.74, 6) is -1.13. The van der Waals surface area contributed by atoms with Crippen molar-refractivity contribution in [3.05, 3.63) is 79.9 Å². The van der Waals surface area contributed by atoms with E-state index in [-0.39, 0.29) is 22.7 Å². The molecule has 1 saturated heterocycles. The molecule has 9 heteroatoms. The van der Waals surface area contributed by atoms with Crippen LogP contribution in [0.5, 0.6) is 0 Å². The molecule has 0 saturated carbocycles. The van der Waals surface area contributed by atoms with Crippen molar-refractivity contribution >= 4 is 17.2 Å². The molecule has 9 nitrogen and oxygen atoms in total. The van der Waals surface area contributed by atoms with Crippen LogP contribution in [0.1, 0.15) is 29.3 Å². The van der Waals surface area contributed by atoms with Gasteiger partial charge in [0, 0.05) is 42.9 Å². The molecule has 0 bridgehead atoms. The van der Waals surface area contributed by atoms with Crippen LogP contribution >= 0.6 is 0 Å². The van der Waals surface area contributed by atoms with Gasteiger partial charge in [-0.05, 0) is 42.8 Å². The Morgan fingerprint density at radius 3 is 2.07 bits per heavy atom. The summed E-state index contributed by atoms with van der Waals surface area (Å²) in [7, 11) is 0. The van der Waals surface area contributed by atoms with Gasteiger partial charge >= 0.3 is 0 Å². The molecule has 0 spiro atoms. The average Bonchev–Trinajstić information content (AvgIpc) is 2.73. The molecule has 2 atom stereocenters. The van der Waals surface area contributed by atoms with E-state index in [1.54, 1.807) is 0 Å². The number of carbonyl (C=O) groups is 1. The number of hydrogen-bond acceptors (Lipinski definition) is 7. The van der Waals surface area contributed by atoms with E-state index in [0.29, 0.717) is 31.6 Å². The Balaban J connectivity index is 1.97. The summed E-state index contributed by atoms with van der Waals surface area (Å²) in [4.78, 5) is 36.0. The van der Waals surface area contributed by atoms with E-state index in [0.717, 1.165) is 0 Å². The number of likely N-dealkylation sites (tertiary alicyclic amines) is 1. The monoisotopic (exact) mass is 399 g/mol. The van der Waals surface area contributed by atoms with Crippen LogP contribution in [0.4, 0.5) is 11.4 Å². The molecule has 152 valence electrons. The van der Waals surface area contributed by atoms with Gasteiger partial charge in [-0.25, -0.2) is 0 Å². The van der Waals surface area contributed by atoms with Crippen molar-refractivity contribution < 1.29 is 19.7 Å². The maximum absolute atomic E-state index is 13.2. The molecule has 0 radical (unpaired) electrons. The van der Waals surface area contributed by atoms with Crippen LogP contribution in [-0.2, 0) is 5.60 Å². The summed E-state index contributed by atoms with van der Waals surface area (Å²) in [6, 6.07) is 10.9. The summed E-state index contributed by atoms with van der Waals surface area (Å²) >= 11 is 0. The van der Waals surface area contributed by atoms with Crippen molar-refractivity contribution in [2.24, 2.45) is 5.92 Å². The van der Waals surface area contributed by atoms with Crippen molar-refractivity contribution in [1.82, 2.24) is 4.90 Å². The molecule has 3 rings (SSSR count). The van der Waals surface area contributed by atoms with Crippen LogP contribution in [0, 0.1) is 26.1 Å². The van der Waals surface area contributed by atoms with Gasteiger partial charge in [0.2, 0.25) is 0 Å². The maximum Gasteiger partial charge on any atom is 0.269 e. The quantitative estimate of drug-likeness (QED) is 0.449. The van der Waals surface area contributed by atoms with Crippen molar-refractivity contribution in [2.45, 2.75) is 18.9 Å². The third kappa shape index (κ3) is 4.01. The zero-order valence-corrected chi connectivity index (χ0v) is 15.9. The molecule has 1 fully saturated rings. The van der Waals surface area contributed by atoms with E-state index < -0.39 is 21.4 Å². The van der Waals surface area contributed by atoms with Crippen LogP contribution in [0.15, 0.2) is 48.5 Å². The number of Topliss-reactive ketones (excluding diaryl/α,β-unsaturated/α-hetero) is 1. The standard InChI is InChI=1S/C20H21N3O6/c1-2-21-12-11-20(25,15-5-9-17(10-6-15)23(28)29)18(13-21)19(24)14-3-7-16(8-4-14)22(26)27/h3-10,18,25H,2,11-13H2,1H3/t18-,20-/m0/s1. The number of piperidine rings is 1. The lowest BCUT2D eigenvalue weighted by Crippen LogP contribution is -2.53. The molecule has 0 aromatic heterocycles. The minimum Gasteiger partial charge on any atom is -0.384 e. The fraction of sp³-hybridized carbons (Fsp3) is 0.350. The van der Waals surface area contributed by atoms with Crippen molar-refractivity contribution in [3.63, 3.8) is 0 Å². The predicted octanol–water partition coefficient (Wildman–Crippen LogP) is 2.92. The Bertz CT molecular complexity index is 928. The fourth-order valence-corrected chi connectivity index (χ4v) is 3.76. The van der Waals surface area contributed by atoms with Gasteiger partial charge in [0.1, 0.15) is 5.60 Å². The first-order valence-electron chi connectivity index (χ1n) is 9.24. The molecule has 1 aliphatic rings. The molecule has 0 unspecified atom stereocenters. The zero-order chi connectivity index (χ0) is 21.2. The Morgan fingerprint density at radius 1 is 1.07 bits per heavy atom. The smallest absolute Gasteiger partial charge is 0.269 e. The molecule has 1 heterocycles. The topological polar surface area (TPSA) is 127 Å². The lowest BCUT2D eigenvalue weighted by molar-refractivity contribution is -0.385. The van der Waals surface area contributed by atoms with E-state index in [1.165, 1.54) is 48.5 Å². The van der Waals surface area contributed by atoms with E-state index in [1.807, 2.05) is 11.8 Å². The van der Waals surface area contributed by atoms with E-state index in [9.17, 15) is 30.1 Å². The highest BCUT2D eigenvalue weighted by molar-refractivity contribution is 5.99. The number of hydrogen-bond donors (Lipinski definition) is 1. The van der Waals surface area contributed by atoms with Crippen LogP contribution < -0.4 is 0 Å². The first-order chi connectivity index (χ1) is 13.8. The molecule has 1 aliphatic heterocycles. The number of aliphatic hydroxyl groups is 1. The van der Waals surface area contributed by atoms with Gasteiger partial charge in [-0.2, -0.15) is 0 Å². The lowest BCUT2D eigenvalue weighted by atomic mass is 9.72. The number of carbonyl (C=O) groups excluding carboxylic acids is 1. The molecule has 2 aromatic rings. The van der Waals surface area contributed by atoms with E-state index in [4.69, 9.17) is 0 Å². The van der Waals surface area contributed by atoms with Gasteiger partial charge in [-0.3, -0.25) is 25.0 Å². The zero-order valence-electron chi connectivity index (χ0n) is 15.9. The number of nitro groups is 2. The van der Waals surface area contributed by atoms with E-state index >= 15 is 0 Å². The highest BCUT2D eigenvalue weighted by Gasteiger charge is 2.46. The number of benzene rings is 2. The van der Waals surface area contributed by atoms with E-state index in [2.05, 4.69) is 0 Å². The molecule has 0 amide bonds. The van der Waals surface area contributed by atoms with Gasteiger partial charge < -0.3 is 10.0 Å². The fourth-order valence-electron chi connectivity index (χ4n) is 3.76. The highest BCUT2D eigenvalue weighted by atomic mass is 16.6. The highest BCUT2D eigenvalue weighted by Crippen LogP contribution is 2.40. The van der Waals surface area contributed by atoms with Crippen molar-refractivity contribution in [1.29, 1.82) is 0 Å². The van der Waals surface area contributed by atoms with Crippen molar-refractivity contribution in [3.8, 4) is 0 Å². The molecule has 1 N–H and O–H groups in total. The molecule has 0 aliphatic carbocycles. The summed E-state index contributed by atoms with van der Waals surface area (Å²) in [6.07, 6.45) is 0.294. The van der Waals surface area contributed by atoms with Crippen LogP contribution in [0.25, 0.3) is 0 Å². The Kier molecular flexibility index (Phi) is 5.71.